The zero-order chi connectivity index (χ0) is 20.9. The molecule has 1 aromatic rings. The molecule has 0 aromatic heterocycles. The van der Waals surface area contributed by atoms with Crippen LogP contribution in [0.5, 0.6) is 0 Å². The summed E-state index contributed by atoms with van der Waals surface area (Å²) in [6, 6.07) is 9.88. The molecule has 7 nitrogen and oxygen atoms in total. The van der Waals surface area contributed by atoms with Crippen molar-refractivity contribution < 1.29 is 9.59 Å². The van der Waals surface area contributed by atoms with Gasteiger partial charge in [0.1, 0.15) is 12.1 Å². The molecular weight excluding hydrogens is 414 g/mol. The van der Waals surface area contributed by atoms with Crippen molar-refractivity contribution in [3.05, 3.63) is 29.8 Å². The van der Waals surface area contributed by atoms with E-state index in [1.807, 2.05) is 24.3 Å². The molecule has 3 aliphatic heterocycles. The molecule has 2 amide bonds. The summed E-state index contributed by atoms with van der Waals surface area (Å²) in [7, 11) is 0. The highest BCUT2D eigenvalue weighted by Crippen LogP contribution is 2.24. The van der Waals surface area contributed by atoms with E-state index >= 15 is 0 Å². The van der Waals surface area contributed by atoms with Crippen molar-refractivity contribution >= 4 is 29.9 Å². The van der Waals surface area contributed by atoms with Crippen molar-refractivity contribution in [1.82, 2.24) is 14.7 Å². The SMILES string of the molecule is Cl.N#Cc1ccccc1N1CCN(CCCCN2CC(=O)N3CCCCC3C2=O)CC1. The molecule has 1 aromatic carbocycles. The van der Waals surface area contributed by atoms with Gasteiger partial charge in [0.25, 0.3) is 0 Å². The molecule has 0 saturated carbocycles. The van der Waals surface area contributed by atoms with Gasteiger partial charge in [-0.25, -0.2) is 0 Å². The Balaban J connectivity index is 0.00000272. The minimum Gasteiger partial charge on any atom is -0.368 e. The summed E-state index contributed by atoms with van der Waals surface area (Å²) in [6.07, 6.45) is 4.84. The number of carbonyl (C=O) groups excluding carboxylic acids is 2. The van der Waals surface area contributed by atoms with E-state index in [0.717, 1.165) is 82.6 Å². The number of hydrogen-bond acceptors (Lipinski definition) is 5. The van der Waals surface area contributed by atoms with Crippen LogP contribution in [0, 0.1) is 11.3 Å². The highest BCUT2D eigenvalue weighted by Gasteiger charge is 2.39. The van der Waals surface area contributed by atoms with Gasteiger partial charge in [0.05, 0.1) is 17.8 Å². The lowest BCUT2D eigenvalue weighted by Gasteiger charge is -2.42. The first-order chi connectivity index (χ1) is 14.7. The van der Waals surface area contributed by atoms with Gasteiger partial charge < -0.3 is 14.7 Å². The lowest BCUT2D eigenvalue weighted by molar-refractivity contribution is -0.157. The number of para-hydroxylation sites is 1. The number of nitriles is 1. The van der Waals surface area contributed by atoms with Gasteiger partial charge in [0.2, 0.25) is 11.8 Å². The first-order valence-electron chi connectivity index (χ1n) is 11.2. The first-order valence-corrected chi connectivity index (χ1v) is 11.2. The maximum absolute atomic E-state index is 12.7. The van der Waals surface area contributed by atoms with Crippen LogP contribution in [0.3, 0.4) is 0 Å². The molecule has 1 atom stereocenters. The van der Waals surface area contributed by atoms with Crippen molar-refractivity contribution in [2.24, 2.45) is 0 Å². The number of halogens is 1. The Morgan fingerprint density at radius 1 is 0.968 bits per heavy atom. The smallest absolute Gasteiger partial charge is 0.245 e. The van der Waals surface area contributed by atoms with E-state index in [0.29, 0.717) is 6.54 Å². The quantitative estimate of drug-likeness (QED) is 0.627. The second-order valence-corrected chi connectivity index (χ2v) is 8.52. The Labute approximate surface area is 191 Å². The number of benzene rings is 1. The predicted molar refractivity (Wildman–Crippen MR) is 122 cm³/mol. The van der Waals surface area contributed by atoms with Crippen LogP contribution in [-0.4, -0.2) is 84.9 Å². The third-order valence-electron chi connectivity index (χ3n) is 6.64. The van der Waals surface area contributed by atoms with Gasteiger partial charge in [-0.15, -0.1) is 12.4 Å². The van der Waals surface area contributed by atoms with E-state index in [1.54, 1.807) is 9.80 Å². The average molecular weight is 446 g/mol. The van der Waals surface area contributed by atoms with Gasteiger partial charge in [0.15, 0.2) is 0 Å². The van der Waals surface area contributed by atoms with Crippen LogP contribution in [0.4, 0.5) is 5.69 Å². The minimum absolute atomic E-state index is 0. The number of amides is 2. The Morgan fingerprint density at radius 2 is 1.71 bits per heavy atom. The van der Waals surface area contributed by atoms with Crippen LogP contribution < -0.4 is 4.90 Å². The molecule has 3 aliphatic rings. The topological polar surface area (TPSA) is 70.9 Å². The molecule has 3 heterocycles. The molecule has 3 saturated heterocycles. The molecule has 0 spiro atoms. The lowest BCUT2D eigenvalue weighted by Crippen LogP contribution is -2.61. The van der Waals surface area contributed by atoms with Crippen molar-refractivity contribution in [3.8, 4) is 6.07 Å². The second kappa shape index (κ2) is 10.8. The Hall–Kier alpha value is -2.30. The monoisotopic (exact) mass is 445 g/mol. The molecular formula is C23H32ClN5O2. The number of hydrogen-bond donors (Lipinski definition) is 0. The van der Waals surface area contributed by atoms with Gasteiger partial charge >= 0.3 is 0 Å². The van der Waals surface area contributed by atoms with Gasteiger partial charge in [-0.05, 0) is 50.8 Å². The fourth-order valence-corrected chi connectivity index (χ4v) is 4.91. The highest BCUT2D eigenvalue weighted by molar-refractivity contribution is 5.95. The van der Waals surface area contributed by atoms with Gasteiger partial charge in [-0.3, -0.25) is 14.5 Å². The van der Waals surface area contributed by atoms with Crippen LogP contribution in [0.15, 0.2) is 24.3 Å². The summed E-state index contributed by atoms with van der Waals surface area (Å²) >= 11 is 0. The third-order valence-corrected chi connectivity index (χ3v) is 6.64. The van der Waals surface area contributed by atoms with Crippen LogP contribution in [-0.2, 0) is 9.59 Å². The summed E-state index contributed by atoms with van der Waals surface area (Å²) in [5, 5.41) is 9.31. The Bertz CT molecular complexity index is 818. The van der Waals surface area contributed by atoms with Crippen molar-refractivity contribution in [2.75, 3.05) is 57.3 Å². The van der Waals surface area contributed by atoms with E-state index in [4.69, 9.17) is 0 Å². The average Bonchev–Trinajstić information content (AvgIpc) is 2.80. The summed E-state index contributed by atoms with van der Waals surface area (Å²) in [6.45, 7) is 6.52. The molecule has 0 radical (unpaired) electrons. The summed E-state index contributed by atoms with van der Waals surface area (Å²) in [4.78, 5) is 33.4. The number of carbonyl (C=O) groups is 2. The van der Waals surface area contributed by atoms with Crippen molar-refractivity contribution in [1.29, 1.82) is 5.26 Å². The number of piperazine rings is 2. The largest absolute Gasteiger partial charge is 0.368 e. The molecule has 31 heavy (non-hydrogen) atoms. The van der Waals surface area contributed by atoms with Crippen molar-refractivity contribution in [2.45, 2.75) is 38.1 Å². The lowest BCUT2D eigenvalue weighted by atomic mass is 9.98. The maximum Gasteiger partial charge on any atom is 0.245 e. The molecule has 3 fully saturated rings. The van der Waals surface area contributed by atoms with E-state index < -0.39 is 0 Å². The van der Waals surface area contributed by atoms with E-state index in [-0.39, 0.29) is 36.8 Å². The summed E-state index contributed by atoms with van der Waals surface area (Å²) < 4.78 is 0. The van der Waals surface area contributed by atoms with E-state index in [2.05, 4.69) is 15.9 Å². The molecule has 0 bridgehead atoms. The van der Waals surface area contributed by atoms with Crippen LogP contribution in [0.25, 0.3) is 0 Å². The molecule has 4 rings (SSSR count). The van der Waals surface area contributed by atoms with Gasteiger partial charge in [-0.1, -0.05) is 12.1 Å². The molecule has 168 valence electrons. The summed E-state index contributed by atoms with van der Waals surface area (Å²) in [5.41, 5.74) is 1.77. The number of rotatable bonds is 6. The van der Waals surface area contributed by atoms with E-state index in [9.17, 15) is 14.9 Å². The van der Waals surface area contributed by atoms with Crippen LogP contribution >= 0.6 is 12.4 Å². The van der Waals surface area contributed by atoms with Gasteiger partial charge in [-0.2, -0.15) is 5.26 Å². The number of fused-ring (bicyclic) bond motifs is 1. The zero-order valence-corrected chi connectivity index (χ0v) is 18.9. The normalized spacial score (nSPS) is 22.0. The Morgan fingerprint density at radius 3 is 2.48 bits per heavy atom. The standard InChI is InChI=1S/C23H31N5O2.ClH/c24-17-19-7-1-2-8-20(19)26-15-13-25(14-16-26)10-5-6-11-27-18-22(29)28-12-4-3-9-21(28)23(27)30;/h1-2,7-8,21H,3-6,9-16,18H2;1H. The minimum atomic E-state index is -0.204. The van der Waals surface area contributed by atoms with Gasteiger partial charge in [0, 0.05) is 39.3 Å². The van der Waals surface area contributed by atoms with E-state index in [1.165, 1.54) is 0 Å². The predicted octanol–water partition coefficient (Wildman–Crippen LogP) is 2.11. The maximum atomic E-state index is 12.7. The van der Waals surface area contributed by atoms with Crippen LogP contribution in [0.2, 0.25) is 0 Å². The highest BCUT2D eigenvalue weighted by atomic mass is 35.5. The number of anilines is 1. The molecule has 0 aliphatic carbocycles. The van der Waals surface area contributed by atoms with Crippen molar-refractivity contribution in [3.63, 3.8) is 0 Å². The Kier molecular flexibility index (Phi) is 8.16. The molecule has 0 N–H and O–H groups in total. The fourth-order valence-electron chi connectivity index (χ4n) is 4.91. The second-order valence-electron chi connectivity index (χ2n) is 8.52. The molecule has 1 unspecified atom stereocenters. The zero-order valence-electron chi connectivity index (χ0n) is 18.0. The number of unbranched alkanes of at least 4 members (excludes halogenated alkanes) is 1. The van der Waals surface area contributed by atoms with Crippen LogP contribution in [0.1, 0.15) is 37.7 Å². The number of nitrogens with zero attached hydrogens (tertiary/aromatic N) is 5. The fraction of sp³-hybridized carbons (Fsp3) is 0.609. The summed E-state index contributed by atoms with van der Waals surface area (Å²) in [5.74, 6) is 0.271. The molecule has 8 heteroatoms. The number of piperidine rings is 1. The third kappa shape index (κ3) is 5.31. The first kappa shape index (κ1) is 23.4.